The van der Waals surface area contributed by atoms with Crippen molar-refractivity contribution in [2.45, 2.75) is 0 Å². The molecule has 0 fully saturated rings. The van der Waals surface area contributed by atoms with Gasteiger partial charge in [-0.15, -0.1) is 0 Å². The minimum absolute atomic E-state index is 0.877. The van der Waals surface area contributed by atoms with Crippen molar-refractivity contribution in [1.29, 1.82) is 0 Å². The molecule has 3 heterocycles. The molecule has 8 aromatic carbocycles. The number of furan rings is 1. The van der Waals surface area contributed by atoms with E-state index in [2.05, 4.69) is 191 Å². The monoisotopic (exact) mass is 650 g/mol. The van der Waals surface area contributed by atoms with Gasteiger partial charge in [0.05, 0.1) is 33.1 Å². The molecule has 51 heavy (non-hydrogen) atoms. The molecule has 0 N–H and O–H groups in total. The fraction of sp³-hybridized carbons (Fsp3) is 0. The Morgan fingerprint density at radius 2 is 0.882 bits per heavy atom. The highest BCUT2D eigenvalue weighted by molar-refractivity contribution is 6.15. The number of para-hydroxylation sites is 3. The minimum atomic E-state index is 0.877. The van der Waals surface area contributed by atoms with E-state index in [1.54, 1.807) is 0 Å². The third kappa shape index (κ3) is 4.19. The van der Waals surface area contributed by atoms with Gasteiger partial charge in [-0.3, -0.25) is 0 Å². The smallest absolute Gasteiger partial charge is 0.137 e. The van der Waals surface area contributed by atoms with Crippen molar-refractivity contribution in [1.82, 2.24) is 9.13 Å². The number of hydrogen-bond acceptors (Lipinski definition) is 1. The van der Waals surface area contributed by atoms with Crippen LogP contribution in [0.5, 0.6) is 0 Å². The molecule has 0 amide bonds. The molecule has 0 atom stereocenters. The van der Waals surface area contributed by atoms with E-state index in [4.69, 9.17) is 4.42 Å². The Kier molecular flexibility index (Phi) is 5.96. The predicted molar refractivity (Wildman–Crippen MR) is 213 cm³/mol. The number of aromatic nitrogens is 2. The van der Waals surface area contributed by atoms with E-state index in [0.717, 1.165) is 44.4 Å². The lowest BCUT2D eigenvalue weighted by Crippen LogP contribution is -1.97. The fourth-order valence-electron chi connectivity index (χ4n) is 8.24. The van der Waals surface area contributed by atoms with Gasteiger partial charge in [0.25, 0.3) is 0 Å². The maximum atomic E-state index is 6.56. The van der Waals surface area contributed by atoms with Gasteiger partial charge in [0, 0.05) is 32.6 Å². The molecule has 0 spiro atoms. The van der Waals surface area contributed by atoms with Gasteiger partial charge in [-0.2, -0.15) is 0 Å². The van der Waals surface area contributed by atoms with Crippen molar-refractivity contribution in [3.05, 3.63) is 182 Å². The Bertz CT molecular complexity index is 3090. The zero-order valence-electron chi connectivity index (χ0n) is 27.6. The van der Waals surface area contributed by atoms with Crippen LogP contribution in [0, 0.1) is 0 Å². The molecule has 0 unspecified atom stereocenters. The number of rotatable bonds is 4. The topological polar surface area (TPSA) is 23.0 Å². The van der Waals surface area contributed by atoms with Crippen LogP contribution in [0.15, 0.2) is 186 Å². The highest BCUT2D eigenvalue weighted by atomic mass is 16.3. The third-order valence-corrected chi connectivity index (χ3v) is 10.5. The van der Waals surface area contributed by atoms with Gasteiger partial charge in [-0.25, -0.2) is 0 Å². The van der Waals surface area contributed by atoms with Crippen LogP contribution in [0.3, 0.4) is 0 Å². The van der Waals surface area contributed by atoms with E-state index in [1.165, 1.54) is 54.8 Å². The summed E-state index contributed by atoms with van der Waals surface area (Å²) in [4.78, 5) is 0. The van der Waals surface area contributed by atoms with Crippen LogP contribution in [0.1, 0.15) is 0 Å². The van der Waals surface area contributed by atoms with Crippen LogP contribution in [0.25, 0.3) is 99.2 Å². The van der Waals surface area contributed by atoms with Crippen molar-refractivity contribution in [2.75, 3.05) is 0 Å². The van der Waals surface area contributed by atoms with E-state index < -0.39 is 0 Å². The van der Waals surface area contributed by atoms with Crippen LogP contribution in [-0.4, -0.2) is 9.13 Å². The van der Waals surface area contributed by atoms with Crippen molar-refractivity contribution in [3.8, 4) is 33.6 Å². The van der Waals surface area contributed by atoms with Gasteiger partial charge in [-0.1, -0.05) is 121 Å². The minimum Gasteiger partial charge on any atom is -0.456 e. The molecular weight excluding hydrogens is 621 g/mol. The predicted octanol–water partition coefficient (Wildman–Crippen LogP) is 13.1. The number of hydrogen-bond donors (Lipinski definition) is 0. The van der Waals surface area contributed by atoms with Crippen LogP contribution < -0.4 is 0 Å². The van der Waals surface area contributed by atoms with E-state index in [0.29, 0.717) is 0 Å². The summed E-state index contributed by atoms with van der Waals surface area (Å²) in [5, 5.41) is 7.18. The van der Waals surface area contributed by atoms with E-state index in [-0.39, 0.29) is 0 Å². The maximum Gasteiger partial charge on any atom is 0.137 e. The molecule has 3 heteroatoms. The second-order valence-corrected chi connectivity index (χ2v) is 13.3. The molecule has 0 aliphatic heterocycles. The summed E-state index contributed by atoms with van der Waals surface area (Å²) in [5.74, 6) is 0. The molecule has 3 aromatic heterocycles. The lowest BCUT2D eigenvalue weighted by molar-refractivity contribution is 0.669. The normalized spacial score (nSPS) is 11.9. The van der Waals surface area contributed by atoms with Crippen molar-refractivity contribution in [2.24, 2.45) is 0 Å². The van der Waals surface area contributed by atoms with Gasteiger partial charge >= 0.3 is 0 Å². The molecule has 0 aliphatic carbocycles. The van der Waals surface area contributed by atoms with E-state index >= 15 is 0 Å². The first-order chi connectivity index (χ1) is 25.3. The quantitative estimate of drug-likeness (QED) is 0.186. The van der Waals surface area contributed by atoms with Gasteiger partial charge < -0.3 is 13.6 Å². The van der Waals surface area contributed by atoms with Crippen molar-refractivity contribution < 1.29 is 4.42 Å². The van der Waals surface area contributed by atoms with Gasteiger partial charge in [0.15, 0.2) is 0 Å². The van der Waals surface area contributed by atoms with Crippen LogP contribution >= 0.6 is 0 Å². The summed E-state index contributed by atoms with van der Waals surface area (Å²) in [6, 6.07) is 65.5. The molecule has 11 aromatic rings. The fourth-order valence-corrected chi connectivity index (χ4v) is 8.24. The molecule has 0 saturated heterocycles. The molecule has 238 valence electrons. The SMILES string of the molecule is c1ccc(-c2cccc(-c3ccc4oc5cccc(-n6c7ccccc7c7ccc(-n8c9ccccc9c9ccccc98)cc76)c5c4c3)c2)cc1. The first kappa shape index (κ1) is 28.0. The average molecular weight is 651 g/mol. The van der Waals surface area contributed by atoms with Gasteiger partial charge in [-0.05, 0) is 82.9 Å². The molecular formula is C48H30N2O. The molecule has 0 bridgehead atoms. The summed E-state index contributed by atoms with van der Waals surface area (Å²) in [7, 11) is 0. The van der Waals surface area contributed by atoms with E-state index in [1.807, 2.05) is 0 Å². The zero-order chi connectivity index (χ0) is 33.5. The third-order valence-electron chi connectivity index (χ3n) is 10.5. The molecule has 0 aliphatic rings. The Morgan fingerprint density at radius 1 is 0.314 bits per heavy atom. The largest absolute Gasteiger partial charge is 0.456 e. The highest BCUT2D eigenvalue weighted by Crippen LogP contribution is 2.41. The molecule has 0 saturated carbocycles. The summed E-state index contributed by atoms with van der Waals surface area (Å²) < 4.78 is 11.4. The van der Waals surface area contributed by atoms with Crippen LogP contribution in [0.2, 0.25) is 0 Å². The average Bonchev–Trinajstić information content (AvgIpc) is 3.85. The number of fused-ring (bicyclic) bond motifs is 9. The summed E-state index contributed by atoms with van der Waals surface area (Å²) >= 11 is 0. The van der Waals surface area contributed by atoms with Crippen LogP contribution in [-0.2, 0) is 0 Å². The number of nitrogens with zero attached hydrogens (tertiary/aromatic N) is 2. The summed E-state index contributed by atoms with van der Waals surface area (Å²) in [5.41, 5.74) is 13.5. The van der Waals surface area contributed by atoms with Crippen molar-refractivity contribution >= 4 is 65.6 Å². The standard InChI is InChI=1S/C48H30N2O/c1-2-12-31(13-3-1)32-14-10-15-33(28-32)34-24-27-46-40(29-34)48-44(22-11-23-47(48)51-46)50-43-21-9-6-18-38(43)39-26-25-35(30-45(39)50)49-41-19-7-4-16-36(41)37-17-5-8-20-42(37)49/h1-30H. The first-order valence-corrected chi connectivity index (χ1v) is 17.4. The van der Waals surface area contributed by atoms with Crippen molar-refractivity contribution in [3.63, 3.8) is 0 Å². The Hall–Kier alpha value is -6.84. The summed E-state index contributed by atoms with van der Waals surface area (Å²) in [6.07, 6.45) is 0. The maximum absolute atomic E-state index is 6.56. The van der Waals surface area contributed by atoms with Gasteiger partial charge in [0.1, 0.15) is 11.2 Å². The molecule has 3 nitrogen and oxygen atoms in total. The Labute approximate surface area is 293 Å². The second kappa shape index (κ2) is 10.8. The lowest BCUT2D eigenvalue weighted by Gasteiger charge is -2.12. The molecule has 11 rings (SSSR count). The zero-order valence-corrected chi connectivity index (χ0v) is 27.6. The Balaban J connectivity index is 1.17. The molecule has 0 radical (unpaired) electrons. The lowest BCUT2D eigenvalue weighted by atomic mass is 9.98. The highest BCUT2D eigenvalue weighted by Gasteiger charge is 2.20. The second-order valence-electron chi connectivity index (χ2n) is 13.3. The van der Waals surface area contributed by atoms with E-state index in [9.17, 15) is 0 Å². The Morgan fingerprint density at radius 3 is 1.61 bits per heavy atom. The van der Waals surface area contributed by atoms with Gasteiger partial charge in [0.2, 0.25) is 0 Å². The van der Waals surface area contributed by atoms with Crippen LogP contribution in [0.4, 0.5) is 0 Å². The summed E-state index contributed by atoms with van der Waals surface area (Å²) in [6.45, 7) is 0. The number of benzene rings is 8. The first-order valence-electron chi connectivity index (χ1n) is 17.4.